The van der Waals surface area contributed by atoms with E-state index in [2.05, 4.69) is 14.7 Å². The number of hydrogen-bond donors (Lipinski definition) is 1. The van der Waals surface area contributed by atoms with E-state index in [1.54, 1.807) is 0 Å². The van der Waals surface area contributed by atoms with Gasteiger partial charge in [0.2, 0.25) is 0 Å². The number of aromatic amines is 1. The van der Waals surface area contributed by atoms with Crippen molar-refractivity contribution in [1.82, 2.24) is 4.98 Å². The Morgan fingerprint density at radius 3 is 3.21 bits per heavy atom. The summed E-state index contributed by atoms with van der Waals surface area (Å²) in [5, 5.41) is 0. The van der Waals surface area contributed by atoms with Crippen molar-refractivity contribution in [2.45, 2.75) is 18.9 Å². The first kappa shape index (κ1) is 8.99. The number of aromatic nitrogens is 1. The van der Waals surface area contributed by atoms with E-state index in [4.69, 9.17) is 0 Å². The molecule has 1 aromatic heterocycles. The number of carbonyl (C=O) groups excluding carboxylic acids is 1. The Balaban J connectivity index is 2.14. The summed E-state index contributed by atoms with van der Waals surface area (Å²) in [6.45, 7) is 0. The van der Waals surface area contributed by atoms with Crippen molar-refractivity contribution >= 4 is 11.7 Å². The molecule has 0 aliphatic carbocycles. The fourth-order valence-corrected chi connectivity index (χ4v) is 1.61. The molecular weight excluding hydrogens is 180 g/mol. The Morgan fingerprint density at radius 1 is 1.71 bits per heavy atom. The van der Waals surface area contributed by atoms with E-state index in [9.17, 15) is 4.79 Å². The van der Waals surface area contributed by atoms with Crippen molar-refractivity contribution in [1.29, 1.82) is 0 Å². The largest absolute Gasteiger partial charge is 0.467 e. The molecule has 2 rings (SSSR count). The summed E-state index contributed by atoms with van der Waals surface area (Å²) in [6, 6.07) is 3.57. The van der Waals surface area contributed by atoms with Gasteiger partial charge < -0.3 is 9.72 Å². The predicted molar refractivity (Wildman–Crippen MR) is 52.4 cm³/mol. The molecular formula is C10H12N2O2. The second-order valence-corrected chi connectivity index (χ2v) is 3.24. The second-order valence-electron chi connectivity index (χ2n) is 3.24. The second kappa shape index (κ2) is 3.65. The van der Waals surface area contributed by atoms with E-state index in [0.29, 0.717) is 0 Å². The number of esters is 1. The van der Waals surface area contributed by atoms with Crippen LogP contribution in [-0.4, -0.2) is 29.8 Å². The van der Waals surface area contributed by atoms with Crippen LogP contribution in [0.25, 0.3) is 0 Å². The number of carbonyl (C=O) groups is 1. The summed E-state index contributed by atoms with van der Waals surface area (Å²) < 4.78 is 4.64. The highest BCUT2D eigenvalue weighted by atomic mass is 16.5. The minimum Gasteiger partial charge on any atom is -0.467 e. The van der Waals surface area contributed by atoms with Gasteiger partial charge in [-0.2, -0.15) is 0 Å². The van der Waals surface area contributed by atoms with Crippen LogP contribution in [0.15, 0.2) is 23.3 Å². The quantitative estimate of drug-likeness (QED) is 0.714. The zero-order valence-electron chi connectivity index (χ0n) is 7.99. The van der Waals surface area contributed by atoms with Crippen molar-refractivity contribution in [3.05, 3.63) is 24.0 Å². The van der Waals surface area contributed by atoms with Crippen molar-refractivity contribution in [3.8, 4) is 0 Å². The van der Waals surface area contributed by atoms with Crippen LogP contribution in [0.3, 0.4) is 0 Å². The SMILES string of the molecule is COC(=O)[C@H]1CCC(c2ccc[nH]2)=N1. The Bertz CT molecular complexity index is 354. The van der Waals surface area contributed by atoms with Gasteiger partial charge in [-0.1, -0.05) is 0 Å². The van der Waals surface area contributed by atoms with E-state index < -0.39 is 0 Å². The maximum absolute atomic E-state index is 11.2. The molecule has 0 amide bonds. The number of ether oxygens (including phenoxy) is 1. The molecule has 0 radical (unpaired) electrons. The van der Waals surface area contributed by atoms with Crippen LogP contribution < -0.4 is 0 Å². The van der Waals surface area contributed by atoms with Gasteiger partial charge in [-0.05, 0) is 25.0 Å². The summed E-state index contributed by atoms with van der Waals surface area (Å²) >= 11 is 0. The molecule has 4 nitrogen and oxygen atoms in total. The van der Waals surface area contributed by atoms with Gasteiger partial charge in [-0.3, -0.25) is 4.99 Å². The van der Waals surface area contributed by atoms with Crippen molar-refractivity contribution in [3.63, 3.8) is 0 Å². The predicted octanol–water partition coefficient (Wildman–Crippen LogP) is 1.14. The first-order chi connectivity index (χ1) is 6.81. The molecule has 0 fully saturated rings. The number of aliphatic imine (C=N–C) groups is 1. The maximum Gasteiger partial charge on any atom is 0.330 e. The molecule has 0 saturated heterocycles. The maximum atomic E-state index is 11.2. The third-order valence-corrected chi connectivity index (χ3v) is 2.35. The van der Waals surface area contributed by atoms with Crippen LogP contribution in [0.5, 0.6) is 0 Å². The Morgan fingerprint density at radius 2 is 2.57 bits per heavy atom. The third-order valence-electron chi connectivity index (χ3n) is 2.35. The minimum atomic E-state index is -0.307. The molecule has 1 N–H and O–H groups in total. The molecule has 0 unspecified atom stereocenters. The lowest BCUT2D eigenvalue weighted by Crippen LogP contribution is -2.16. The zero-order valence-corrected chi connectivity index (χ0v) is 7.99. The van der Waals surface area contributed by atoms with Gasteiger partial charge >= 0.3 is 5.97 Å². The smallest absolute Gasteiger partial charge is 0.330 e. The van der Waals surface area contributed by atoms with Crippen LogP contribution in [0, 0.1) is 0 Å². The minimum absolute atomic E-state index is 0.244. The Labute approximate surface area is 82.0 Å². The summed E-state index contributed by atoms with van der Waals surface area (Å²) in [5.41, 5.74) is 1.96. The fraction of sp³-hybridized carbons (Fsp3) is 0.400. The fourth-order valence-electron chi connectivity index (χ4n) is 1.61. The number of rotatable bonds is 2. The van der Waals surface area contributed by atoms with Gasteiger partial charge in [0.15, 0.2) is 0 Å². The first-order valence-electron chi connectivity index (χ1n) is 4.59. The highest BCUT2D eigenvalue weighted by Crippen LogP contribution is 2.18. The summed E-state index contributed by atoms with van der Waals surface area (Å²) in [4.78, 5) is 18.6. The van der Waals surface area contributed by atoms with E-state index in [1.165, 1.54) is 7.11 Å². The average molecular weight is 192 g/mol. The molecule has 2 heterocycles. The highest BCUT2D eigenvalue weighted by molar-refractivity contribution is 6.02. The number of methoxy groups -OCH3 is 1. The number of H-pyrrole nitrogens is 1. The van der Waals surface area contributed by atoms with Crippen LogP contribution >= 0.6 is 0 Å². The van der Waals surface area contributed by atoms with Gasteiger partial charge in [-0.25, -0.2) is 4.79 Å². The average Bonchev–Trinajstić information content (AvgIpc) is 2.86. The number of nitrogens with zero attached hydrogens (tertiary/aromatic N) is 1. The lowest BCUT2D eigenvalue weighted by Gasteiger charge is -2.01. The number of hydrogen-bond acceptors (Lipinski definition) is 3. The number of nitrogens with one attached hydrogen (secondary N) is 1. The Hall–Kier alpha value is -1.58. The van der Waals surface area contributed by atoms with Crippen molar-refractivity contribution in [2.75, 3.05) is 7.11 Å². The van der Waals surface area contributed by atoms with Crippen LogP contribution in [0.4, 0.5) is 0 Å². The molecule has 0 bridgehead atoms. The van der Waals surface area contributed by atoms with Crippen molar-refractivity contribution < 1.29 is 9.53 Å². The summed E-state index contributed by atoms with van der Waals surface area (Å²) in [5.74, 6) is -0.244. The van der Waals surface area contributed by atoms with Gasteiger partial charge in [0.1, 0.15) is 6.04 Å². The van der Waals surface area contributed by atoms with Gasteiger partial charge in [-0.15, -0.1) is 0 Å². The summed E-state index contributed by atoms with van der Waals surface area (Å²) in [7, 11) is 1.39. The lowest BCUT2D eigenvalue weighted by atomic mass is 10.1. The van der Waals surface area contributed by atoms with E-state index in [-0.39, 0.29) is 12.0 Å². The van der Waals surface area contributed by atoms with Crippen LogP contribution in [0.2, 0.25) is 0 Å². The van der Waals surface area contributed by atoms with Crippen molar-refractivity contribution in [2.24, 2.45) is 4.99 Å². The normalized spacial score (nSPS) is 20.6. The van der Waals surface area contributed by atoms with Gasteiger partial charge in [0.25, 0.3) is 0 Å². The molecule has 14 heavy (non-hydrogen) atoms. The first-order valence-corrected chi connectivity index (χ1v) is 4.59. The van der Waals surface area contributed by atoms with Crippen LogP contribution in [0.1, 0.15) is 18.5 Å². The third kappa shape index (κ3) is 1.55. The molecule has 1 aliphatic rings. The monoisotopic (exact) mass is 192 g/mol. The van der Waals surface area contributed by atoms with E-state index in [1.807, 2.05) is 18.3 Å². The molecule has 1 aliphatic heterocycles. The van der Waals surface area contributed by atoms with Gasteiger partial charge in [0, 0.05) is 6.20 Å². The standard InChI is InChI=1S/C10H12N2O2/c1-14-10(13)9-5-4-8(12-9)7-3-2-6-11-7/h2-3,6,9,11H,4-5H2,1H3/t9-/m1/s1. The van der Waals surface area contributed by atoms with E-state index in [0.717, 1.165) is 24.2 Å². The summed E-state index contributed by atoms with van der Waals surface area (Å²) in [6.07, 6.45) is 3.44. The highest BCUT2D eigenvalue weighted by Gasteiger charge is 2.25. The zero-order chi connectivity index (χ0) is 9.97. The molecule has 0 spiro atoms. The van der Waals surface area contributed by atoms with Crippen LogP contribution in [-0.2, 0) is 9.53 Å². The molecule has 1 aromatic rings. The molecule has 0 aromatic carbocycles. The van der Waals surface area contributed by atoms with Gasteiger partial charge in [0.05, 0.1) is 18.5 Å². The molecule has 4 heteroatoms. The molecule has 74 valence electrons. The molecule has 1 atom stereocenters. The lowest BCUT2D eigenvalue weighted by molar-refractivity contribution is -0.141. The Kier molecular flexibility index (Phi) is 2.35. The topological polar surface area (TPSA) is 54.5 Å². The molecule has 0 saturated carbocycles. The van der Waals surface area contributed by atoms with E-state index >= 15 is 0 Å².